The van der Waals surface area contributed by atoms with Crippen LogP contribution in [0.4, 0.5) is 5.69 Å². The Morgan fingerprint density at radius 1 is 1.00 bits per heavy atom. The number of fused-ring (bicyclic) bond motifs is 2. The standard InChI is InChI=1S/C33H36ClN3O5/c1-3-21(2)25(20-38)37-29-32(41)36(24-14-12-23(34)13-15-24)18-8-16-33(29)28(31(37)40)27-26(42-33)11-7-17-35(30(27)39)19-22-9-5-4-6-10-22/h4-16,21,25-29,38H,3,17-20H2,1-2H3/t21-,25-,26-,27+,28-,29?,33-/m0/s1. The Bertz CT molecular complexity index is 1410. The van der Waals surface area contributed by atoms with Gasteiger partial charge in [0.25, 0.3) is 5.91 Å². The van der Waals surface area contributed by atoms with Gasteiger partial charge in [0, 0.05) is 30.3 Å². The SMILES string of the molecule is CC[C@H](C)[C@H](CO)N1C(=O)[C@@H]2[C@@H]3C(=O)N(Cc4ccccc4)CC=C[C@@H]3O[C@@]23C=CCN(c2ccc(Cl)cc2)C(=O)C13. The summed E-state index contributed by atoms with van der Waals surface area (Å²) in [5.74, 6) is -2.62. The fourth-order valence-electron chi connectivity index (χ4n) is 7.10. The summed E-state index contributed by atoms with van der Waals surface area (Å²) >= 11 is 6.13. The number of carbonyl (C=O) groups is 3. The molecular weight excluding hydrogens is 554 g/mol. The molecule has 4 aliphatic heterocycles. The Labute approximate surface area is 251 Å². The number of amides is 3. The van der Waals surface area contributed by atoms with Gasteiger partial charge in [0.1, 0.15) is 11.6 Å². The van der Waals surface area contributed by atoms with Crippen LogP contribution in [0.25, 0.3) is 0 Å². The molecule has 2 saturated heterocycles. The van der Waals surface area contributed by atoms with Gasteiger partial charge in [0.05, 0.1) is 30.6 Å². The Morgan fingerprint density at radius 3 is 2.43 bits per heavy atom. The lowest BCUT2D eigenvalue weighted by molar-refractivity contribution is -0.148. The molecule has 2 aromatic rings. The molecule has 0 bridgehead atoms. The van der Waals surface area contributed by atoms with E-state index in [4.69, 9.17) is 16.3 Å². The number of ether oxygens (including phenoxy) is 1. The van der Waals surface area contributed by atoms with Gasteiger partial charge in [-0.2, -0.15) is 0 Å². The van der Waals surface area contributed by atoms with Crippen LogP contribution in [0.15, 0.2) is 78.9 Å². The summed E-state index contributed by atoms with van der Waals surface area (Å²) in [5.41, 5.74) is 0.272. The summed E-state index contributed by atoms with van der Waals surface area (Å²) in [6.45, 7) is 4.72. The van der Waals surface area contributed by atoms with Crippen LogP contribution in [0, 0.1) is 17.8 Å². The molecule has 7 atom stereocenters. The topological polar surface area (TPSA) is 90.4 Å². The molecule has 1 N–H and O–H groups in total. The molecule has 1 unspecified atom stereocenters. The summed E-state index contributed by atoms with van der Waals surface area (Å²) < 4.78 is 6.76. The highest BCUT2D eigenvalue weighted by atomic mass is 35.5. The molecule has 3 amide bonds. The van der Waals surface area contributed by atoms with Crippen molar-refractivity contribution in [2.75, 3.05) is 24.6 Å². The molecule has 2 aromatic carbocycles. The summed E-state index contributed by atoms with van der Waals surface area (Å²) in [4.78, 5) is 48.4. The molecule has 8 nitrogen and oxygen atoms in total. The van der Waals surface area contributed by atoms with E-state index < -0.39 is 35.6 Å². The minimum Gasteiger partial charge on any atom is -0.394 e. The Morgan fingerprint density at radius 2 is 1.74 bits per heavy atom. The van der Waals surface area contributed by atoms with Crippen LogP contribution in [0.5, 0.6) is 0 Å². The van der Waals surface area contributed by atoms with Gasteiger partial charge in [-0.3, -0.25) is 14.4 Å². The molecule has 0 radical (unpaired) electrons. The third-order valence-corrected chi connectivity index (χ3v) is 9.63. The highest BCUT2D eigenvalue weighted by Gasteiger charge is 2.72. The van der Waals surface area contributed by atoms with Crippen LogP contribution < -0.4 is 4.90 Å². The predicted molar refractivity (Wildman–Crippen MR) is 159 cm³/mol. The molecule has 1 spiro atoms. The van der Waals surface area contributed by atoms with Gasteiger partial charge in [-0.1, -0.05) is 86.5 Å². The molecule has 4 aliphatic rings. The fraction of sp³-hybridized carbons (Fsp3) is 0.424. The molecule has 2 fully saturated rings. The summed E-state index contributed by atoms with van der Waals surface area (Å²) in [6.07, 6.45) is 7.51. The maximum absolute atomic E-state index is 14.6. The summed E-state index contributed by atoms with van der Waals surface area (Å²) in [7, 11) is 0. The van der Waals surface area contributed by atoms with Crippen LogP contribution >= 0.6 is 11.6 Å². The first-order valence-corrected chi connectivity index (χ1v) is 15.0. The molecule has 0 saturated carbocycles. The van der Waals surface area contributed by atoms with Crippen molar-refractivity contribution in [3.63, 3.8) is 0 Å². The number of anilines is 1. The maximum Gasteiger partial charge on any atom is 0.253 e. The molecular formula is C33H36ClN3O5. The van der Waals surface area contributed by atoms with Crippen LogP contribution in [0.3, 0.4) is 0 Å². The van der Waals surface area contributed by atoms with Crippen LogP contribution in [-0.2, 0) is 25.7 Å². The summed E-state index contributed by atoms with van der Waals surface area (Å²) in [5, 5.41) is 11.1. The van der Waals surface area contributed by atoms with E-state index in [0.29, 0.717) is 30.2 Å². The second-order valence-electron chi connectivity index (χ2n) is 11.7. The zero-order chi connectivity index (χ0) is 29.6. The minimum absolute atomic E-state index is 0.0889. The molecule has 0 aliphatic carbocycles. The Hall–Kier alpha value is -3.46. The average molecular weight is 590 g/mol. The third kappa shape index (κ3) is 4.57. The van der Waals surface area contributed by atoms with Gasteiger partial charge in [-0.25, -0.2) is 0 Å². The van der Waals surface area contributed by atoms with Crippen molar-refractivity contribution in [3.05, 3.63) is 89.5 Å². The second-order valence-corrected chi connectivity index (χ2v) is 12.1. The van der Waals surface area contributed by atoms with Gasteiger partial charge in [0.15, 0.2) is 0 Å². The van der Waals surface area contributed by atoms with E-state index in [1.165, 1.54) is 0 Å². The predicted octanol–water partition coefficient (Wildman–Crippen LogP) is 3.83. The number of hydrogen-bond donors (Lipinski definition) is 1. The second kappa shape index (κ2) is 11.3. The number of rotatable bonds is 7. The van der Waals surface area contributed by atoms with Crippen molar-refractivity contribution in [1.82, 2.24) is 9.80 Å². The number of carbonyl (C=O) groups excluding carboxylic acids is 3. The van der Waals surface area contributed by atoms with E-state index >= 15 is 0 Å². The minimum atomic E-state index is -1.36. The quantitative estimate of drug-likeness (QED) is 0.496. The van der Waals surface area contributed by atoms with E-state index in [-0.39, 0.29) is 36.8 Å². The van der Waals surface area contributed by atoms with E-state index in [2.05, 4.69) is 0 Å². The molecule has 9 heteroatoms. The van der Waals surface area contributed by atoms with Gasteiger partial charge >= 0.3 is 0 Å². The normalized spacial score (nSPS) is 30.1. The van der Waals surface area contributed by atoms with Crippen molar-refractivity contribution in [1.29, 1.82) is 0 Å². The monoisotopic (exact) mass is 589 g/mol. The first-order valence-electron chi connectivity index (χ1n) is 14.7. The number of halogens is 1. The molecule has 6 rings (SSSR count). The number of nitrogens with zero attached hydrogens (tertiary/aromatic N) is 3. The summed E-state index contributed by atoms with van der Waals surface area (Å²) in [6, 6.07) is 15.1. The molecule has 0 aromatic heterocycles. The molecule has 4 heterocycles. The third-order valence-electron chi connectivity index (χ3n) is 9.38. The average Bonchev–Trinajstić information content (AvgIpc) is 3.32. The van der Waals surface area contributed by atoms with E-state index in [9.17, 15) is 19.5 Å². The number of aliphatic hydroxyl groups is 1. The van der Waals surface area contributed by atoms with Gasteiger partial charge < -0.3 is 24.5 Å². The van der Waals surface area contributed by atoms with Crippen molar-refractivity contribution in [3.8, 4) is 0 Å². The molecule has 220 valence electrons. The number of benzene rings is 2. The lowest BCUT2D eigenvalue weighted by atomic mass is 9.77. The van der Waals surface area contributed by atoms with Crippen LogP contribution in [-0.4, -0.2) is 76.1 Å². The number of likely N-dealkylation sites (tertiary alicyclic amines) is 1. The zero-order valence-corrected chi connectivity index (χ0v) is 24.6. The fourth-order valence-corrected chi connectivity index (χ4v) is 7.23. The maximum atomic E-state index is 14.6. The van der Waals surface area contributed by atoms with Crippen molar-refractivity contribution in [2.45, 2.75) is 50.6 Å². The molecule has 42 heavy (non-hydrogen) atoms. The highest BCUT2D eigenvalue weighted by molar-refractivity contribution is 6.30. The number of hydrogen-bond acceptors (Lipinski definition) is 5. The zero-order valence-electron chi connectivity index (χ0n) is 23.8. The van der Waals surface area contributed by atoms with Gasteiger partial charge in [-0.15, -0.1) is 0 Å². The van der Waals surface area contributed by atoms with E-state index in [1.54, 1.807) is 39.0 Å². The first kappa shape index (κ1) is 28.6. The van der Waals surface area contributed by atoms with Gasteiger partial charge in [-0.05, 0) is 35.7 Å². The van der Waals surface area contributed by atoms with E-state index in [1.807, 2.05) is 68.5 Å². The van der Waals surface area contributed by atoms with Crippen molar-refractivity contribution < 1.29 is 24.2 Å². The lowest BCUT2D eigenvalue weighted by Gasteiger charge is -2.40. The highest BCUT2D eigenvalue weighted by Crippen LogP contribution is 2.54. The Balaban J connectivity index is 1.44. The largest absolute Gasteiger partial charge is 0.394 e. The van der Waals surface area contributed by atoms with E-state index in [0.717, 1.165) is 5.56 Å². The lowest BCUT2D eigenvalue weighted by Crippen LogP contribution is -2.59. The van der Waals surface area contributed by atoms with Crippen molar-refractivity contribution >= 4 is 35.0 Å². The number of aliphatic hydroxyl groups excluding tert-OH is 1. The Kier molecular flexibility index (Phi) is 7.72. The van der Waals surface area contributed by atoms with Crippen molar-refractivity contribution in [2.24, 2.45) is 17.8 Å². The first-order chi connectivity index (χ1) is 20.3. The smallest absolute Gasteiger partial charge is 0.253 e. The van der Waals surface area contributed by atoms with Crippen LogP contribution in [0.1, 0.15) is 25.8 Å². The van der Waals surface area contributed by atoms with Gasteiger partial charge in [0.2, 0.25) is 11.8 Å². The van der Waals surface area contributed by atoms with Crippen LogP contribution in [0.2, 0.25) is 5.02 Å².